The van der Waals surface area contributed by atoms with Crippen molar-refractivity contribution < 1.29 is 27.6 Å². The van der Waals surface area contributed by atoms with E-state index in [-0.39, 0.29) is 34.4 Å². The molecule has 224 valence electrons. The molecule has 0 saturated heterocycles. The van der Waals surface area contributed by atoms with Crippen LogP contribution in [0.15, 0.2) is 23.3 Å². The van der Waals surface area contributed by atoms with Gasteiger partial charge in [-0.05, 0) is 79.1 Å². The summed E-state index contributed by atoms with van der Waals surface area (Å²) in [4.78, 5) is 41.3. The van der Waals surface area contributed by atoms with Gasteiger partial charge in [-0.25, -0.2) is 0 Å². The van der Waals surface area contributed by atoms with Gasteiger partial charge in [0, 0.05) is 16.7 Å². The van der Waals surface area contributed by atoms with E-state index < -0.39 is 51.6 Å². The predicted octanol–water partition coefficient (Wildman–Crippen LogP) is 6.88. The summed E-state index contributed by atoms with van der Waals surface area (Å²) in [5, 5.41) is 12.1. The summed E-state index contributed by atoms with van der Waals surface area (Å²) in [5.41, 5.74) is -2.47. The molecule has 0 aromatic heterocycles. The molecule has 0 radical (unpaired) electrons. The van der Waals surface area contributed by atoms with Gasteiger partial charge < -0.3 is 5.32 Å². The minimum absolute atomic E-state index is 0.0705. The zero-order valence-electron chi connectivity index (χ0n) is 25.3. The molecule has 5 nitrogen and oxygen atoms in total. The molecule has 0 aromatic carbocycles. The molecule has 3 saturated carbocycles. The number of carbonyl (C=O) groups excluding carboxylic acids is 3. The molecule has 5 aliphatic rings. The molecule has 5 aliphatic carbocycles. The minimum atomic E-state index is -4.51. The summed E-state index contributed by atoms with van der Waals surface area (Å²) in [6.07, 6.45) is 3.30. The number of amides is 1. The second-order valence-electron chi connectivity index (χ2n) is 15.7. The largest absolute Gasteiger partial charge is 0.405 e. The highest BCUT2D eigenvalue weighted by Gasteiger charge is 2.70. The number of hydrogen-bond acceptors (Lipinski definition) is 4. The van der Waals surface area contributed by atoms with Gasteiger partial charge in [-0.2, -0.15) is 18.4 Å². The summed E-state index contributed by atoms with van der Waals surface area (Å²) in [6.45, 7) is 13.1. The number of ketones is 2. The van der Waals surface area contributed by atoms with E-state index in [0.29, 0.717) is 32.1 Å². The van der Waals surface area contributed by atoms with Crippen LogP contribution in [0.4, 0.5) is 13.2 Å². The monoisotopic (exact) mass is 572 g/mol. The normalized spacial score (nSPS) is 42.8. The Bertz CT molecular complexity index is 1320. The number of alkyl halides is 3. The van der Waals surface area contributed by atoms with Crippen LogP contribution in [-0.2, 0) is 14.4 Å². The maximum absolute atomic E-state index is 14.4. The van der Waals surface area contributed by atoms with Crippen LogP contribution < -0.4 is 5.32 Å². The Morgan fingerprint density at radius 1 is 1.02 bits per heavy atom. The zero-order valence-corrected chi connectivity index (χ0v) is 25.3. The van der Waals surface area contributed by atoms with Gasteiger partial charge in [-0.3, -0.25) is 14.4 Å². The van der Waals surface area contributed by atoms with E-state index in [9.17, 15) is 32.8 Å². The lowest BCUT2D eigenvalue weighted by Crippen LogP contribution is -2.66. The molecule has 0 unspecified atom stereocenters. The molecule has 7 atom stereocenters. The van der Waals surface area contributed by atoms with Crippen LogP contribution in [0.1, 0.15) is 93.4 Å². The molecule has 1 N–H and O–H groups in total. The molecule has 0 spiro atoms. The summed E-state index contributed by atoms with van der Waals surface area (Å²) < 4.78 is 39.4. The van der Waals surface area contributed by atoms with Gasteiger partial charge in [0.2, 0.25) is 5.91 Å². The molecule has 41 heavy (non-hydrogen) atoms. The number of nitrogens with zero attached hydrogens (tertiary/aromatic N) is 1. The first-order valence-corrected chi connectivity index (χ1v) is 15.0. The van der Waals surface area contributed by atoms with Crippen LogP contribution >= 0.6 is 0 Å². The van der Waals surface area contributed by atoms with Crippen molar-refractivity contribution in [2.75, 3.05) is 6.54 Å². The van der Waals surface area contributed by atoms with Crippen LogP contribution in [0.3, 0.4) is 0 Å². The van der Waals surface area contributed by atoms with Gasteiger partial charge in [-0.1, -0.05) is 60.1 Å². The van der Waals surface area contributed by atoms with E-state index in [4.69, 9.17) is 0 Å². The molecule has 0 aliphatic heterocycles. The zero-order chi connectivity index (χ0) is 30.6. The molecular weight excluding hydrogens is 529 g/mol. The maximum Gasteiger partial charge on any atom is 0.405 e. The number of Topliss-reactive ketones (excluding diaryl/α,β-unsaturated/α-hetero) is 1. The number of nitrogens with one attached hydrogen (secondary N) is 1. The van der Waals surface area contributed by atoms with Crippen LogP contribution in [0, 0.1) is 61.6 Å². The van der Waals surface area contributed by atoms with Crippen molar-refractivity contribution in [1.29, 1.82) is 5.26 Å². The van der Waals surface area contributed by atoms with E-state index in [1.165, 1.54) is 0 Å². The van der Waals surface area contributed by atoms with Crippen LogP contribution in [0.2, 0.25) is 0 Å². The van der Waals surface area contributed by atoms with Gasteiger partial charge in [-0.15, -0.1) is 0 Å². The van der Waals surface area contributed by atoms with Crippen molar-refractivity contribution in [3.05, 3.63) is 23.3 Å². The van der Waals surface area contributed by atoms with E-state index in [0.717, 1.165) is 18.4 Å². The first kappa shape index (κ1) is 30.0. The third kappa shape index (κ3) is 4.03. The van der Waals surface area contributed by atoms with Crippen LogP contribution in [0.5, 0.6) is 0 Å². The van der Waals surface area contributed by atoms with Crippen LogP contribution in [-0.4, -0.2) is 30.2 Å². The molecule has 0 aromatic rings. The van der Waals surface area contributed by atoms with Gasteiger partial charge in [0.15, 0.2) is 11.6 Å². The van der Waals surface area contributed by atoms with Crippen molar-refractivity contribution in [1.82, 2.24) is 5.32 Å². The second kappa shape index (κ2) is 8.80. The Labute approximate surface area is 241 Å². The Morgan fingerprint density at radius 3 is 2.27 bits per heavy atom. The van der Waals surface area contributed by atoms with Crippen molar-refractivity contribution >= 4 is 17.5 Å². The highest BCUT2D eigenvalue weighted by atomic mass is 19.4. The van der Waals surface area contributed by atoms with E-state index >= 15 is 0 Å². The molecule has 1 amide bonds. The molecule has 5 rings (SSSR count). The van der Waals surface area contributed by atoms with Crippen molar-refractivity contribution in [3.63, 3.8) is 0 Å². The third-order valence-electron chi connectivity index (χ3n) is 12.8. The quantitative estimate of drug-likeness (QED) is 0.391. The second-order valence-corrected chi connectivity index (χ2v) is 15.7. The SMILES string of the molecule is CC1(C)CC[C@]2(C(=O)NCC(F)(F)F)CC[C@]3(C)[C@H](C(=O)C=C4[C@@]5(C)C=C(C#N)C(=O)C(C)(C)[C@@H]5CC[C@]43C)[C@@H]2C1. The third-order valence-corrected chi connectivity index (χ3v) is 12.8. The van der Waals surface area contributed by atoms with Gasteiger partial charge >= 0.3 is 6.18 Å². The fraction of sp³-hybridized carbons (Fsp3) is 0.758. The van der Waals surface area contributed by atoms with E-state index in [1.807, 2.05) is 13.8 Å². The van der Waals surface area contributed by atoms with Crippen molar-refractivity contribution in [2.45, 2.75) is 99.6 Å². The molecular formula is C33H43F3N2O3. The summed E-state index contributed by atoms with van der Waals surface area (Å²) in [6, 6.07) is 2.11. The lowest BCUT2D eigenvalue weighted by Gasteiger charge is -2.69. The Balaban J connectivity index is 1.65. The smallest absolute Gasteiger partial charge is 0.346 e. The van der Waals surface area contributed by atoms with Crippen molar-refractivity contribution in [2.24, 2.45) is 50.2 Å². The predicted molar refractivity (Wildman–Crippen MR) is 148 cm³/mol. The average molecular weight is 573 g/mol. The van der Waals surface area contributed by atoms with E-state index in [1.54, 1.807) is 12.2 Å². The topological polar surface area (TPSA) is 87.0 Å². The highest BCUT2D eigenvalue weighted by Crippen LogP contribution is 2.74. The Kier molecular flexibility index (Phi) is 6.45. The summed E-state index contributed by atoms with van der Waals surface area (Å²) >= 11 is 0. The molecule has 8 heteroatoms. The number of hydrogen-bond donors (Lipinski definition) is 1. The minimum Gasteiger partial charge on any atom is -0.346 e. The maximum atomic E-state index is 14.4. The number of fused-ring (bicyclic) bond motifs is 7. The van der Waals surface area contributed by atoms with Gasteiger partial charge in [0.1, 0.15) is 12.6 Å². The van der Waals surface area contributed by atoms with Crippen molar-refractivity contribution in [3.8, 4) is 6.07 Å². The Morgan fingerprint density at radius 2 is 1.66 bits per heavy atom. The van der Waals surface area contributed by atoms with E-state index in [2.05, 4.69) is 46.0 Å². The lowest BCUT2D eigenvalue weighted by atomic mass is 9.34. The van der Waals surface area contributed by atoms with Gasteiger partial charge in [0.05, 0.1) is 11.0 Å². The summed E-state index contributed by atoms with van der Waals surface area (Å²) in [5.74, 6) is -1.75. The molecule has 0 bridgehead atoms. The number of halogens is 3. The summed E-state index contributed by atoms with van der Waals surface area (Å²) in [7, 11) is 0. The standard InChI is InChI=1S/C33H43F3N2O3/c1-27(2)10-12-32(26(41)38-18-33(34,35)36)13-11-31(7)24(20(32)16-27)21(39)14-23-29(5)15-19(17-37)25(40)28(3,4)22(29)8-9-30(23,31)6/h14-15,20,22,24H,8-13,16,18H2,1-7H3,(H,38,41)/t20-,22-,24-,29-,30+,31+,32-/m0/s1. The fourth-order valence-corrected chi connectivity index (χ4v) is 10.4. The van der Waals surface area contributed by atoms with Gasteiger partial charge in [0.25, 0.3) is 0 Å². The average Bonchev–Trinajstić information content (AvgIpc) is 2.85. The number of rotatable bonds is 2. The number of nitriles is 1. The Hall–Kier alpha value is -2.43. The molecule has 0 heterocycles. The first-order valence-electron chi connectivity index (χ1n) is 15.0. The molecule has 3 fully saturated rings. The van der Waals surface area contributed by atoms with Crippen LogP contribution in [0.25, 0.3) is 0 Å². The number of allylic oxidation sites excluding steroid dienone is 4. The number of carbonyl (C=O) groups is 3. The first-order chi connectivity index (χ1) is 18.7. The fourth-order valence-electron chi connectivity index (χ4n) is 10.4. The lowest BCUT2D eigenvalue weighted by molar-refractivity contribution is -0.181. The highest BCUT2D eigenvalue weighted by molar-refractivity contribution is 6.04.